The normalized spacial score (nSPS) is 11.8. The Hall–Kier alpha value is -10.1. The molecule has 0 spiro atoms. The number of hydrogen-bond donors (Lipinski definition) is 0. The van der Waals surface area contributed by atoms with Crippen molar-refractivity contribution in [3.05, 3.63) is 272 Å². The smallest absolute Gasteiger partial charge is 0.160 e. The minimum Gasteiger partial charge on any atom is -0.309 e. The maximum atomic E-state index is 5.50. The molecule has 0 N–H and O–H groups in total. The van der Waals surface area contributed by atoms with Crippen molar-refractivity contribution in [2.45, 2.75) is 6.92 Å². The van der Waals surface area contributed by atoms with Gasteiger partial charge in [0.15, 0.2) is 5.82 Å². The summed E-state index contributed by atoms with van der Waals surface area (Å²) in [6.07, 6.45) is 0. The molecule has 15 rings (SSSR count). The van der Waals surface area contributed by atoms with Crippen molar-refractivity contribution in [3.63, 3.8) is 0 Å². The van der Waals surface area contributed by atoms with Gasteiger partial charge in [0.2, 0.25) is 0 Å². The summed E-state index contributed by atoms with van der Waals surface area (Å²) in [6.45, 7) is 2.19. The fourth-order valence-electron chi connectivity index (χ4n) is 11.9. The molecular weight excluding hydrogens is 923 g/mol. The fourth-order valence-corrected chi connectivity index (χ4v) is 11.9. The predicted octanol–water partition coefficient (Wildman–Crippen LogP) is 18.4. The van der Waals surface area contributed by atoms with Crippen LogP contribution in [0.25, 0.3) is 139 Å². The Labute approximate surface area is 439 Å². The van der Waals surface area contributed by atoms with Gasteiger partial charge in [-0.3, -0.25) is 0 Å². The number of rotatable bonds is 8. The van der Waals surface area contributed by atoms with Gasteiger partial charge in [-0.15, -0.1) is 0 Å². The van der Waals surface area contributed by atoms with E-state index >= 15 is 0 Å². The molecule has 0 radical (unpaired) electrons. The lowest BCUT2D eigenvalue weighted by Crippen LogP contribution is -2.04. The van der Waals surface area contributed by atoms with Crippen LogP contribution in [-0.2, 0) is 0 Å². The third-order valence-electron chi connectivity index (χ3n) is 15.3. The van der Waals surface area contributed by atoms with Crippen LogP contribution in [0.15, 0.2) is 267 Å². The number of aromatic nitrogens is 5. The average Bonchev–Trinajstić information content (AvgIpc) is 4.15. The van der Waals surface area contributed by atoms with Gasteiger partial charge in [0.25, 0.3) is 0 Å². The van der Waals surface area contributed by atoms with Crippen molar-refractivity contribution in [2.75, 3.05) is 0 Å². The molecule has 0 fully saturated rings. The predicted molar refractivity (Wildman–Crippen MR) is 317 cm³/mol. The first-order valence-electron chi connectivity index (χ1n) is 26.0. The zero-order valence-electron chi connectivity index (χ0n) is 41.6. The molecule has 0 amide bonds. The Morgan fingerprint density at radius 3 is 1.08 bits per heavy atom. The summed E-state index contributed by atoms with van der Waals surface area (Å²) in [6, 6.07) is 96.6. The second-order valence-electron chi connectivity index (χ2n) is 19.8. The van der Waals surface area contributed by atoms with Crippen LogP contribution in [0.2, 0.25) is 0 Å². The monoisotopic (exact) mass is 969 g/mol. The van der Waals surface area contributed by atoms with Crippen molar-refractivity contribution in [3.8, 4) is 73.2 Å². The molecule has 0 bridgehead atoms. The van der Waals surface area contributed by atoms with Gasteiger partial charge in [-0.2, -0.15) is 0 Å². The number of aryl methyl sites for hydroxylation is 1. The van der Waals surface area contributed by atoms with Crippen LogP contribution >= 0.6 is 0 Å². The van der Waals surface area contributed by atoms with Gasteiger partial charge in [-0.1, -0.05) is 188 Å². The maximum absolute atomic E-state index is 5.50. The highest BCUT2D eigenvalue weighted by molar-refractivity contribution is 6.13. The van der Waals surface area contributed by atoms with Crippen LogP contribution in [0.4, 0.5) is 0 Å². The lowest BCUT2D eigenvalue weighted by Gasteiger charge is -2.22. The molecule has 4 aromatic heterocycles. The van der Waals surface area contributed by atoms with Crippen molar-refractivity contribution in [1.82, 2.24) is 23.7 Å². The van der Waals surface area contributed by atoms with Crippen LogP contribution in [-0.4, -0.2) is 23.7 Å². The molecule has 15 aromatic rings. The van der Waals surface area contributed by atoms with Gasteiger partial charge < -0.3 is 13.7 Å². The molecule has 11 aromatic carbocycles. The van der Waals surface area contributed by atoms with Crippen molar-refractivity contribution in [2.24, 2.45) is 0 Å². The minimum absolute atomic E-state index is 0.643. The largest absolute Gasteiger partial charge is 0.309 e. The second kappa shape index (κ2) is 17.5. The van der Waals surface area contributed by atoms with Gasteiger partial charge in [0, 0.05) is 71.5 Å². The van der Waals surface area contributed by atoms with Crippen LogP contribution in [0.1, 0.15) is 5.56 Å². The summed E-state index contributed by atoms with van der Waals surface area (Å²) in [5.74, 6) is 0.643. The first-order valence-corrected chi connectivity index (χ1v) is 26.0. The molecule has 356 valence electrons. The van der Waals surface area contributed by atoms with Crippen LogP contribution in [0.5, 0.6) is 0 Å². The highest BCUT2D eigenvalue weighted by Gasteiger charge is 2.25. The van der Waals surface area contributed by atoms with E-state index in [4.69, 9.17) is 9.97 Å². The molecular formula is C71H47N5. The van der Waals surface area contributed by atoms with Gasteiger partial charge >= 0.3 is 0 Å². The third-order valence-corrected chi connectivity index (χ3v) is 15.3. The lowest BCUT2D eigenvalue weighted by atomic mass is 9.91. The number of fused-ring (bicyclic) bond motifs is 9. The highest BCUT2D eigenvalue weighted by atomic mass is 15.0. The quantitative estimate of drug-likeness (QED) is 0.152. The first-order chi connectivity index (χ1) is 37.6. The van der Waals surface area contributed by atoms with Crippen molar-refractivity contribution in [1.29, 1.82) is 0 Å². The van der Waals surface area contributed by atoms with Gasteiger partial charge in [0.05, 0.1) is 50.2 Å². The van der Waals surface area contributed by atoms with Crippen molar-refractivity contribution >= 4 is 65.4 Å². The Balaban J connectivity index is 1.08. The van der Waals surface area contributed by atoms with Crippen LogP contribution in [0.3, 0.4) is 0 Å². The van der Waals surface area contributed by atoms with Gasteiger partial charge in [-0.05, 0) is 103 Å². The molecule has 76 heavy (non-hydrogen) atoms. The highest BCUT2D eigenvalue weighted by Crippen LogP contribution is 2.46. The molecule has 0 atom stereocenters. The number of nitrogens with zero attached hydrogens (tertiary/aromatic N) is 5. The zero-order chi connectivity index (χ0) is 50.3. The number of para-hydroxylation sites is 5. The minimum atomic E-state index is 0.643. The molecule has 4 heterocycles. The lowest BCUT2D eigenvalue weighted by molar-refractivity contribution is 1.16. The summed E-state index contributed by atoms with van der Waals surface area (Å²) < 4.78 is 7.33. The summed E-state index contributed by atoms with van der Waals surface area (Å²) in [4.78, 5) is 11.0. The third kappa shape index (κ3) is 7.01. The van der Waals surface area contributed by atoms with Crippen LogP contribution < -0.4 is 0 Å². The van der Waals surface area contributed by atoms with E-state index in [0.717, 1.165) is 100 Å². The van der Waals surface area contributed by atoms with E-state index in [2.05, 4.69) is 288 Å². The second-order valence-corrected chi connectivity index (χ2v) is 19.8. The fraction of sp³-hybridized carbons (Fsp3) is 0.0141. The van der Waals surface area contributed by atoms with E-state index in [-0.39, 0.29) is 0 Å². The Morgan fingerprint density at radius 1 is 0.263 bits per heavy atom. The van der Waals surface area contributed by atoms with Gasteiger partial charge in [0.1, 0.15) is 0 Å². The van der Waals surface area contributed by atoms with E-state index < -0.39 is 0 Å². The van der Waals surface area contributed by atoms with E-state index in [1.807, 2.05) is 0 Å². The molecule has 0 aliphatic rings. The summed E-state index contributed by atoms with van der Waals surface area (Å²) in [5.41, 5.74) is 20.3. The molecule has 0 aliphatic heterocycles. The molecule has 0 saturated heterocycles. The summed E-state index contributed by atoms with van der Waals surface area (Å²) in [7, 11) is 0. The molecule has 5 nitrogen and oxygen atoms in total. The van der Waals surface area contributed by atoms with E-state index in [1.165, 1.54) is 37.9 Å². The topological polar surface area (TPSA) is 40.6 Å². The summed E-state index contributed by atoms with van der Waals surface area (Å²) in [5, 5.41) is 7.31. The maximum Gasteiger partial charge on any atom is 0.160 e. The van der Waals surface area contributed by atoms with E-state index in [1.54, 1.807) is 0 Å². The molecule has 0 unspecified atom stereocenters. The summed E-state index contributed by atoms with van der Waals surface area (Å²) >= 11 is 0. The zero-order valence-corrected chi connectivity index (χ0v) is 41.6. The molecule has 5 heteroatoms. The SMILES string of the molecule is Cc1ccc2c(c1)c1ccccc1n2-c1c(-c2cccc(-n3c4ccccc4c4ccccc43)c2)cc(-c2nc(-c3ccccc3)cc(-c3ccccc3)n2)cc1-c1cccc(-n2c3ccccc3c3ccccc32)c1. The molecule has 0 aliphatic carbocycles. The van der Waals surface area contributed by atoms with Gasteiger partial charge in [-0.25, -0.2) is 9.97 Å². The van der Waals surface area contributed by atoms with Crippen molar-refractivity contribution < 1.29 is 0 Å². The molecule has 0 saturated carbocycles. The van der Waals surface area contributed by atoms with E-state index in [9.17, 15) is 0 Å². The van der Waals surface area contributed by atoms with Crippen LogP contribution in [0, 0.1) is 6.92 Å². The standard InChI is InChI=1S/C71H47N5/c1-46-38-39-69-61(40-46)58-32-12-17-37-68(58)76(69)70-59(49-24-18-26-52(41-49)74-64-33-13-8-28-54(64)55-29-9-14-34-65(55)74)43-51(71-72-62(47-20-4-2-5-21-47)45-63(73-71)48-22-6-3-7-23-48)44-60(70)50-25-19-27-53(42-50)75-66-35-15-10-30-56(66)57-31-11-16-36-67(57)75/h2-45H,1H3. The first kappa shape index (κ1) is 43.5. The van der Waals surface area contributed by atoms with E-state index in [0.29, 0.717) is 5.82 Å². The Bertz CT molecular complexity index is 4430. The number of benzene rings is 11. The number of hydrogen-bond acceptors (Lipinski definition) is 2. The average molecular weight is 970 g/mol. The Kier molecular flexibility index (Phi) is 10.0. The Morgan fingerprint density at radius 2 is 0.632 bits per heavy atom.